The van der Waals surface area contributed by atoms with Gasteiger partial charge in [-0.3, -0.25) is 9.59 Å². The maximum Gasteiger partial charge on any atom is 0.222 e. The zero-order valence-corrected chi connectivity index (χ0v) is 13.5. The van der Waals surface area contributed by atoms with E-state index in [-0.39, 0.29) is 23.7 Å². The van der Waals surface area contributed by atoms with Crippen LogP contribution in [0.4, 0.5) is 0 Å². The molecule has 2 heterocycles. The predicted molar refractivity (Wildman–Crippen MR) is 80.6 cm³/mol. The minimum absolute atomic E-state index is 0.102. The topological polar surface area (TPSA) is 60.9 Å². The summed E-state index contributed by atoms with van der Waals surface area (Å²) in [6, 6.07) is 0. The molecule has 2 aliphatic rings. The smallest absolute Gasteiger partial charge is 0.222 e. The van der Waals surface area contributed by atoms with E-state index in [2.05, 4.69) is 0 Å². The summed E-state index contributed by atoms with van der Waals surface area (Å²) in [4.78, 5) is 27.4. The van der Waals surface area contributed by atoms with Crippen LogP contribution in [0.25, 0.3) is 0 Å². The molecule has 2 atom stereocenters. The number of hydrogen-bond donors (Lipinski definition) is 1. The van der Waals surface area contributed by atoms with E-state index in [1.54, 1.807) is 4.90 Å². The zero-order chi connectivity index (χ0) is 15.6. The first-order valence-corrected chi connectivity index (χ1v) is 8.12. The van der Waals surface area contributed by atoms with Crippen LogP contribution in [0.2, 0.25) is 0 Å². The molecule has 2 rings (SSSR count). The van der Waals surface area contributed by atoms with Gasteiger partial charge in [-0.25, -0.2) is 0 Å². The third-order valence-corrected chi connectivity index (χ3v) is 5.13. The van der Waals surface area contributed by atoms with Crippen molar-refractivity contribution >= 4 is 11.8 Å². The highest BCUT2D eigenvalue weighted by Gasteiger charge is 2.46. The molecule has 0 spiro atoms. The van der Waals surface area contributed by atoms with E-state index < -0.39 is 5.60 Å². The number of hydrogen-bond acceptors (Lipinski definition) is 3. The summed E-state index contributed by atoms with van der Waals surface area (Å²) in [7, 11) is 0. The molecule has 21 heavy (non-hydrogen) atoms. The van der Waals surface area contributed by atoms with Crippen molar-refractivity contribution in [1.29, 1.82) is 0 Å². The lowest BCUT2D eigenvalue weighted by Crippen LogP contribution is -2.43. The van der Waals surface area contributed by atoms with Crippen molar-refractivity contribution in [2.45, 2.75) is 52.1 Å². The number of nitrogens with zero attached hydrogens (tertiary/aromatic N) is 2. The van der Waals surface area contributed by atoms with E-state index in [0.717, 1.165) is 19.4 Å². The standard InChI is InChI=1S/C16H28N2O3/c1-12(2)16(21)11-18(10-13(16)3)15(20)7-5-9-17-8-4-6-14(17)19/h12-13,21H,4-11H2,1-3H3/t13-,16-/m1/s1. The Hall–Kier alpha value is -1.10. The second-order valence-electron chi connectivity index (χ2n) is 6.91. The number of carbonyl (C=O) groups is 2. The molecule has 2 saturated heterocycles. The molecule has 0 radical (unpaired) electrons. The molecule has 2 amide bonds. The second-order valence-corrected chi connectivity index (χ2v) is 6.91. The second kappa shape index (κ2) is 6.34. The summed E-state index contributed by atoms with van der Waals surface area (Å²) in [6.07, 6.45) is 2.77. The number of rotatable bonds is 5. The fraction of sp³-hybridized carbons (Fsp3) is 0.875. The fourth-order valence-electron chi connectivity index (χ4n) is 3.48. The number of amides is 2. The average Bonchev–Trinajstić information content (AvgIpc) is 2.95. The number of aliphatic hydroxyl groups is 1. The molecule has 1 N–H and O–H groups in total. The van der Waals surface area contributed by atoms with Crippen LogP contribution in [0.1, 0.15) is 46.5 Å². The third kappa shape index (κ3) is 3.39. The van der Waals surface area contributed by atoms with E-state index in [0.29, 0.717) is 32.5 Å². The van der Waals surface area contributed by atoms with Crippen molar-refractivity contribution in [1.82, 2.24) is 9.80 Å². The monoisotopic (exact) mass is 296 g/mol. The minimum atomic E-state index is -0.763. The van der Waals surface area contributed by atoms with Crippen LogP contribution in [-0.4, -0.2) is 58.5 Å². The van der Waals surface area contributed by atoms with Crippen LogP contribution in [0.5, 0.6) is 0 Å². The van der Waals surface area contributed by atoms with Gasteiger partial charge in [0, 0.05) is 44.9 Å². The average molecular weight is 296 g/mol. The van der Waals surface area contributed by atoms with Crippen LogP contribution in [0.15, 0.2) is 0 Å². The Morgan fingerprint density at radius 3 is 2.71 bits per heavy atom. The molecule has 2 aliphatic heterocycles. The molecule has 2 fully saturated rings. The van der Waals surface area contributed by atoms with Gasteiger partial charge in [-0.05, 0) is 18.8 Å². The van der Waals surface area contributed by atoms with Gasteiger partial charge in [0.2, 0.25) is 11.8 Å². The lowest BCUT2D eigenvalue weighted by Gasteiger charge is -2.31. The Morgan fingerprint density at radius 2 is 2.19 bits per heavy atom. The van der Waals surface area contributed by atoms with Crippen molar-refractivity contribution < 1.29 is 14.7 Å². The van der Waals surface area contributed by atoms with Crippen molar-refractivity contribution in [2.24, 2.45) is 11.8 Å². The van der Waals surface area contributed by atoms with Gasteiger partial charge >= 0.3 is 0 Å². The number of β-amino-alcohol motifs (C(OH)–C–C–N with tert-alkyl or cyclic N) is 1. The highest BCUT2D eigenvalue weighted by atomic mass is 16.3. The molecule has 0 aliphatic carbocycles. The fourth-order valence-corrected chi connectivity index (χ4v) is 3.48. The van der Waals surface area contributed by atoms with E-state index >= 15 is 0 Å². The Labute approximate surface area is 127 Å². The van der Waals surface area contributed by atoms with Crippen LogP contribution < -0.4 is 0 Å². The first-order valence-electron chi connectivity index (χ1n) is 8.12. The largest absolute Gasteiger partial charge is 0.387 e. The van der Waals surface area contributed by atoms with Crippen LogP contribution in [0.3, 0.4) is 0 Å². The van der Waals surface area contributed by atoms with Crippen molar-refractivity contribution in [3.05, 3.63) is 0 Å². The Balaban J connectivity index is 1.78. The summed E-state index contributed by atoms with van der Waals surface area (Å²) >= 11 is 0. The van der Waals surface area contributed by atoms with E-state index in [9.17, 15) is 14.7 Å². The van der Waals surface area contributed by atoms with Crippen molar-refractivity contribution in [2.75, 3.05) is 26.2 Å². The maximum atomic E-state index is 12.3. The van der Waals surface area contributed by atoms with Gasteiger partial charge in [0.25, 0.3) is 0 Å². The van der Waals surface area contributed by atoms with E-state index in [4.69, 9.17) is 0 Å². The summed E-state index contributed by atoms with van der Waals surface area (Å²) in [5.41, 5.74) is -0.763. The van der Waals surface area contributed by atoms with Crippen molar-refractivity contribution in [3.63, 3.8) is 0 Å². The molecule has 0 aromatic carbocycles. The zero-order valence-electron chi connectivity index (χ0n) is 13.5. The highest BCUT2D eigenvalue weighted by molar-refractivity contribution is 5.78. The molecule has 120 valence electrons. The maximum absolute atomic E-state index is 12.3. The van der Waals surface area contributed by atoms with E-state index in [1.807, 2.05) is 25.7 Å². The van der Waals surface area contributed by atoms with Gasteiger partial charge in [0.05, 0.1) is 5.60 Å². The molecule has 5 heteroatoms. The SMILES string of the molecule is CC(C)[C@]1(O)CN(C(=O)CCCN2CCCC2=O)C[C@H]1C. The lowest BCUT2D eigenvalue weighted by molar-refractivity contribution is -0.132. The molecular weight excluding hydrogens is 268 g/mol. The number of likely N-dealkylation sites (tertiary alicyclic amines) is 2. The Bertz CT molecular complexity index is 410. The Morgan fingerprint density at radius 1 is 1.48 bits per heavy atom. The summed E-state index contributed by atoms with van der Waals surface area (Å²) in [5, 5.41) is 10.6. The summed E-state index contributed by atoms with van der Waals surface area (Å²) < 4.78 is 0. The normalized spacial score (nSPS) is 29.8. The molecule has 0 aromatic rings. The van der Waals surface area contributed by atoms with Gasteiger partial charge in [0.15, 0.2) is 0 Å². The van der Waals surface area contributed by atoms with Gasteiger partial charge in [-0.1, -0.05) is 20.8 Å². The predicted octanol–water partition coefficient (Wildman–Crippen LogP) is 1.25. The van der Waals surface area contributed by atoms with Crippen LogP contribution in [-0.2, 0) is 9.59 Å². The highest BCUT2D eigenvalue weighted by Crippen LogP contribution is 2.34. The molecule has 5 nitrogen and oxygen atoms in total. The molecule has 0 bridgehead atoms. The molecule has 0 unspecified atom stereocenters. The first kappa shape index (κ1) is 16.3. The van der Waals surface area contributed by atoms with Gasteiger partial charge in [0.1, 0.15) is 0 Å². The minimum Gasteiger partial charge on any atom is -0.387 e. The molecular formula is C16H28N2O3. The first-order chi connectivity index (χ1) is 9.84. The quantitative estimate of drug-likeness (QED) is 0.831. The molecule has 0 saturated carbocycles. The van der Waals surface area contributed by atoms with Crippen LogP contribution in [0, 0.1) is 11.8 Å². The summed E-state index contributed by atoms with van der Waals surface area (Å²) in [6.45, 7) is 8.61. The van der Waals surface area contributed by atoms with Gasteiger partial charge in [-0.15, -0.1) is 0 Å². The lowest BCUT2D eigenvalue weighted by atomic mass is 9.82. The summed E-state index contributed by atoms with van der Waals surface area (Å²) in [5.74, 6) is 0.575. The Kier molecular flexibility index (Phi) is 4.91. The number of carbonyl (C=O) groups excluding carboxylic acids is 2. The third-order valence-electron chi connectivity index (χ3n) is 5.13. The molecule has 0 aromatic heterocycles. The van der Waals surface area contributed by atoms with Crippen molar-refractivity contribution in [3.8, 4) is 0 Å². The van der Waals surface area contributed by atoms with Gasteiger partial charge < -0.3 is 14.9 Å². The van der Waals surface area contributed by atoms with Crippen LogP contribution >= 0.6 is 0 Å². The van der Waals surface area contributed by atoms with E-state index in [1.165, 1.54) is 0 Å². The van der Waals surface area contributed by atoms with Gasteiger partial charge in [-0.2, -0.15) is 0 Å².